The Kier molecular flexibility index (Phi) is 5.40. The molecule has 0 bridgehead atoms. The largest absolute Gasteiger partial charge is 0.857 e. The van der Waals surface area contributed by atoms with E-state index in [0.717, 1.165) is 0 Å². The highest BCUT2D eigenvalue weighted by atomic mass is 16.5. The van der Waals surface area contributed by atoms with Crippen molar-refractivity contribution in [2.24, 2.45) is 4.99 Å². The fourth-order valence-electron chi connectivity index (χ4n) is 2.94. The minimum absolute atomic E-state index is 0.0459. The monoisotopic (exact) mass is 395 g/mol. The Hall–Kier alpha value is -3.44. The van der Waals surface area contributed by atoms with Gasteiger partial charge in [0.25, 0.3) is 0 Å². The van der Waals surface area contributed by atoms with Crippen molar-refractivity contribution in [1.29, 1.82) is 5.41 Å². The van der Waals surface area contributed by atoms with Gasteiger partial charge in [0.05, 0.1) is 24.4 Å². The lowest BCUT2D eigenvalue weighted by atomic mass is 10.2. The van der Waals surface area contributed by atoms with Crippen molar-refractivity contribution >= 4 is 28.6 Å². The zero-order valence-corrected chi connectivity index (χ0v) is 15.8. The fourth-order valence-corrected chi connectivity index (χ4v) is 2.94. The summed E-state index contributed by atoms with van der Waals surface area (Å²) < 4.78 is 12.0. The summed E-state index contributed by atoms with van der Waals surface area (Å²) in [5.41, 5.74) is 1.20. The molecule has 150 valence electrons. The lowest BCUT2D eigenvalue weighted by molar-refractivity contribution is -0.212. The molecule has 1 N–H and O–H groups in total. The molecule has 0 aliphatic carbocycles. The van der Waals surface area contributed by atoms with E-state index in [1.54, 1.807) is 35.4 Å². The third-order valence-corrected chi connectivity index (χ3v) is 4.29. The number of nitrogens with one attached hydrogen (secondary N) is 1. The van der Waals surface area contributed by atoms with Crippen LogP contribution in [0.15, 0.2) is 35.8 Å². The van der Waals surface area contributed by atoms with Crippen LogP contribution in [-0.2, 0) is 9.47 Å². The molecule has 0 aromatic carbocycles. The van der Waals surface area contributed by atoms with Crippen LogP contribution in [0.3, 0.4) is 0 Å². The second-order valence-corrected chi connectivity index (χ2v) is 6.28. The van der Waals surface area contributed by atoms with Gasteiger partial charge in [-0.3, -0.25) is 9.98 Å². The van der Waals surface area contributed by atoms with Gasteiger partial charge in [0.15, 0.2) is 5.82 Å². The Morgan fingerprint density at radius 3 is 2.83 bits per heavy atom. The predicted molar refractivity (Wildman–Crippen MR) is 104 cm³/mol. The summed E-state index contributed by atoms with van der Waals surface area (Å²) in [4.78, 5) is 23.5. The number of hydrogen-bond donors (Lipinski definition) is 1. The number of pyridine rings is 1. The highest BCUT2D eigenvalue weighted by molar-refractivity contribution is 6.00. The van der Waals surface area contributed by atoms with E-state index in [1.807, 2.05) is 0 Å². The first-order chi connectivity index (χ1) is 14.2. The lowest BCUT2D eigenvalue weighted by Crippen LogP contribution is -2.37. The number of aromatic nitrogens is 5. The highest BCUT2D eigenvalue weighted by Gasteiger charge is 2.19. The normalized spacial score (nSPS) is 15.1. The molecule has 3 aromatic heterocycles. The average molecular weight is 395 g/mol. The number of amidine groups is 1. The summed E-state index contributed by atoms with van der Waals surface area (Å²) in [6.45, 7) is 2.41. The summed E-state index contributed by atoms with van der Waals surface area (Å²) in [6, 6.07) is 3.25. The Morgan fingerprint density at radius 1 is 1.28 bits per heavy atom. The Bertz CT molecular complexity index is 1040. The van der Waals surface area contributed by atoms with Crippen LogP contribution < -0.4 is 10.0 Å². The molecule has 4 rings (SSSR count). The maximum atomic E-state index is 12.4. The second-order valence-electron chi connectivity index (χ2n) is 6.28. The van der Waals surface area contributed by atoms with Crippen molar-refractivity contribution in [3.05, 3.63) is 36.5 Å². The molecule has 0 radical (unpaired) electrons. The number of anilines is 1. The summed E-state index contributed by atoms with van der Waals surface area (Å²) in [5, 5.41) is 20.0. The van der Waals surface area contributed by atoms with E-state index < -0.39 is 5.90 Å². The maximum Gasteiger partial charge on any atom is 0.237 e. The van der Waals surface area contributed by atoms with Crippen LogP contribution >= 0.6 is 0 Å². The Balaban J connectivity index is 1.81. The van der Waals surface area contributed by atoms with Crippen LogP contribution in [-0.4, -0.2) is 76.3 Å². The predicted octanol–water partition coefficient (Wildman–Crippen LogP) is -0.222. The molecule has 29 heavy (non-hydrogen) atoms. The molecule has 1 saturated heterocycles. The van der Waals surface area contributed by atoms with Crippen molar-refractivity contribution in [2.75, 3.05) is 44.9 Å². The summed E-state index contributed by atoms with van der Waals surface area (Å²) in [6.07, 6.45) is 5.03. The molecule has 11 nitrogen and oxygen atoms in total. The maximum absolute atomic E-state index is 12.4. The highest BCUT2D eigenvalue weighted by Crippen LogP contribution is 2.24. The molecule has 1 aliphatic rings. The molecule has 1 fully saturated rings. The number of fused-ring (bicyclic) bond motifs is 1. The van der Waals surface area contributed by atoms with Crippen LogP contribution in [0, 0.1) is 5.41 Å². The first-order valence-corrected chi connectivity index (χ1v) is 8.98. The molecule has 0 unspecified atom stereocenters. The van der Waals surface area contributed by atoms with E-state index in [2.05, 4.69) is 29.8 Å². The number of nitrogens with zero attached hydrogens (tertiary/aromatic N) is 7. The molecule has 3 aromatic rings. The minimum atomic E-state index is -0.611. The number of hydrogen-bond acceptors (Lipinski definition) is 9. The van der Waals surface area contributed by atoms with E-state index in [-0.39, 0.29) is 18.1 Å². The van der Waals surface area contributed by atoms with Gasteiger partial charge in [-0.15, -0.1) is 0 Å². The zero-order chi connectivity index (χ0) is 20.2. The number of rotatable bonds is 5. The molecule has 0 atom stereocenters. The number of methoxy groups -OCH3 is 1. The van der Waals surface area contributed by atoms with Crippen molar-refractivity contribution in [3.63, 3.8) is 0 Å². The summed E-state index contributed by atoms with van der Waals surface area (Å²) in [7, 11) is 1.44. The lowest BCUT2D eigenvalue weighted by Gasteiger charge is -2.28. The van der Waals surface area contributed by atoms with E-state index >= 15 is 0 Å². The van der Waals surface area contributed by atoms with Crippen molar-refractivity contribution in [3.8, 4) is 5.95 Å². The van der Waals surface area contributed by atoms with E-state index in [1.165, 1.54) is 7.11 Å². The van der Waals surface area contributed by atoms with Crippen molar-refractivity contribution in [2.45, 2.75) is 0 Å². The standard InChI is InChI=1S/C18H20N8O3/c1-28-10-14(19)23-17(27)13-3-2-12-15(21-13)16(25-6-8-29-9-7-25)24-18(22-12)26-5-4-20-11-26/h2-5,11H,6-10H2,1H3,(H2,19,23,27)/p-1. The average Bonchev–Trinajstić information content (AvgIpc) is 3.28. The van der Waals surface area contributed by atoms with Gasteiger partial charge >= 0.3 is 0 Å². The van der Waals surface area contributed by atoms with Crippen molar-refractivity contribution in [1.82, 2.24) is 24.5 Å². The number of aliphatic imine (C=N–C) groups is 1. The van der Waals surface area contributed by atoms with E-state index in [9.17, 15) is 5.11 Å². The van der Waals surface area contributed by atoms with Gasteiger partial charge in [0.2, 0.25) is 5.95 Å². The Labute approximate surface area is 166 Å². The Morgan fingerprint density at radius 2 is 2.10 bits per heavy atom. The van der Waals surface area contributed by atoms with Gasteiger partial charge in [-0.05, 0) is 12.1 Å². The van der Waals surface area contributed by atoms with Gasteiger partial charge in [-0.25, -0.2) is 19.9 Å². The van der Waals surface area contributed by atoms with Gasteiger partial charge in [0, 0.05) is 38.5 Å². The molecule has 0 saturated carbocycles. The van der Waals surface area contributed by atoms with Crippen LogP contribution in [0.1, 0.15) is 5.69 Å². The molecule has 0 spiro atoms. The van der Waals surface area contributed by atoms with Crippen LogP contribution in [0.4, 0.5) is 5.82 Å². The third kappa shape index (κ3) is 4.05. The summed E-state index contributed by atoms with van der Waals surface area (Å²) in [5.74, 6) is 0.299. The minimum Gasteiger partial charge on any atom is -0.857 e. The summed E-state index contributed by atoms with van der Waals surface area (Å²) >= 11 is 0. The molecule has 11 heteroatoms. The van der Waals surface area contributed by atoms with Gasteiger partial charge in [0.1, 0.15) is 24.3 Å². The zero-order valence-electron chi connectivity index (χ0n) is 15.8. The molecule has 1 aliphatic heterocycles. The molecule has 4 heterocycles. The quantitative estimate of drug-likeness (QED) is 0.462. The number of morpholine rings is 1. The SMILES string of the molecule is COCC(=N)N=C([O-])c1ccc2nc(-n3ccnc3)nc(N3CCOCC3)c2n1. The second kappa shape index (κ2) is 8.29. The van der Waals surface area contributed by atoms with Crippen LogP contribution in [0.5, 0.6) is 0 Å². The van der Waals surface area contributed by atoms with Gasteiger partial charge in [-0.1, -0.05) is 0 Å². The topological polar surface area (TPSA) is 137 Å². The number of ether oxygens (including phenoxy) is 2. The van der Waals surface area contributed by atoms with E-state index in [0.29, 0.717) is 49.1 Å². The molecular formula is C18H19N8O3-. The smallest absolute Gasteiger partial charge is 0.237 e. The van der Waals surface area contributed by atoms with E-state index in [4.69, 9.17) is 14.9 Å². The fraction of sp³-hybridized carbons (Fsp3) is 0.333. The molecule has 0 amide bonds. The molecular weight excluding hydrogens is 376 g/mol. The van der Waals surface area contributed by atoms with Gasteiger partial charge in [-0.2, -0.15) is 4.98 Å². The van der Waals surface area contributed by atoms with Crippen molar-refractivity contribution < 1.29 is 14.6 Å². The first-order valence-electron chi connectivity index (χ1n) is 8.98. The number of imidazole rings is 1. The van der Waals surface area contributed by atoms with Crippen LogP contribution in [0.25, 0.3) is 17.0 Å². The van der Waals surface area contributed by atoms with Gasteiger partial charge < -0.3 is 19.5 Å². The third-order valence-electron chi connectivity index (χ3n) is 4.29. The first kappa shape index (κ1) is 18.9. The van der Waals surface area contributed by atoms with Crippen LogP contribution in [0.2, 0.25) is 0 Å².